The van der Waals surface area contributed by atoms with E-state index in [9.17, 15) is 17.2 Å². The number of nitrogen functional groups attached to an aromatic ring is 1. The second-order valence-electron chi connectivity index (χ2n) is 4.10. The Morgan fingerprint density at radius 3 is 2.60 bits per heavy atom. The lowest BCUT2D eigenvalue weighted by atomic mass is 10.2. The molecule has 2 aromatic rings. The van der Waals surface area contributed by atoms with E-state index in [2.05, 4.69) is 4.98 Å². The Kier molecular flexibility index (Phi) is 3.58. The van der Waals surface area contributed by atoms with E-state index >= 15 is 0 Å². The van der Waals surface area contributed by atoms with Gasteiger partial charge in [0.2, 0.25) is 0 Å². The molecule has 0 bridgehead atoms. The zero-order valence-electron chi connectivity index (χ0n) is 10.4. The van der Waals surface area contributed by atoms with E-state index in [4.69, 9.17) is 5.73 Å². The number of aryl methyl sites for hydroxylation is 1. The maximum absolute atomic E-state index is 13.7. The first-order valence-electron chi connectivity index (χ1n) is 5.49. The van der Waals surface area contributed by atoms with Crippen molar-refractivity contribution in [3.05, 3.63) is 47.8 Å². The summed E-state index contributed by atoms with van der Waals surface area (Å²) in [5.41, 5.74) is 5.79. The quantitative estimate of drug-likeness (QED) is 0.849. The molecule has 2 rings (SSSR count). The van der Waals surface area contributed by atoms with Gasteiger partial charge >= 0.3 is 0 Å². The second-order valence-corrected chi connectivity index (χ2v) is 5.75. The van der Waals surface area contributed by atoms with Gasteiger partial charge in [0, 0.05) is 11.9 Å². The Bertz CT molecular complexity index is 763. The van der Waals surface area contributed by atoms with Crippen LogP contribution < -0.4 is 10.5 Å². The number of anilines is 2. The van der Waals surface area contributed by atoms with Crippen LogP contribution in [0.25, 0.3) is 0 Å². The summed E-state index contributed by atoms with van der Waals surface area (Å²) in [7, 11) is -4.28. The summed E-state index contributed by atoms with van der Waals surface area (Å²) >= 11 is 0. The molecule has 3 N–H and O–H groups in total. The summed E-state index contributed by atoms with van der Waals surface area (Å²) in [5.74, 6) is -1.82. The SMILES string of the molecule is Cc1cc(F)c(S(=O)(=O)Nc2ccncc2F)cc1N. The van der Waals surface area contributed by atoms with Gasteiger partial charge in [-0.25, -0.2) is 17.2 Å². The molecule has 0 saturated heterocycles. The van der Waals surface area contributed by atoms with Crippen LogP contribution in [0.3, 0.4) is 0 Å². The predicted octanol–water partition coefficient (Wildman–Crippen LogP) is 2.05. The molecule has 1 heterocycles. The lowest BCUT2D eigenvalue weighted by molar-refractivity contribution is 0.569. The highest BCUT2D eigenvalue weighted by atomic mass is 32.2. The average Bonchev–Trinajstić information content (AvgIpc) is 2.36. The number of pyridine rings is 1. The van der Waals surface area contributed by atoms with Crippen LogP contribution in [0.15, 0.2) is 35.5 Å². The van der Waals surface area contributed by atoms with Crippen molar-refractivity contribution in [2.24, 2.45) is 0 Å². The number of hydrogen-bond acceptors (Lipinski definition) is 4. The van der Waals surface area contributed by atoms with Crippen LogP contribution in [-0.2, 0) is 10.0 Å². The van der Waals surface area contributed by atoms with Gasteiger partial charge in [-0.15, -0.1) is 0 Å². The van der Waals surface area contributed by atoms with E-state index in [1.54, 1.807) is 6.92 Å². The van der Waals surface area contributed by atoms with Gasteiger partial charge in [0.25, 0.3) is 10.0 Å². The number of nitrogens with one attached hydrogen (secondary N) is 1. The molecule has 0 saturated carbocycles. The summed E-state index contributed by atoms with van der Waals surface area (Å²) in [6.07, 6.45) is 2.05. The monoisotopic (exact) mass is 299 g/mol. The molecule has 20 heavy (non-hydrogen) atoms. The summed E-state index contributed by atoms with van der Waals surface area (Å²) in [5, 5.41) is 0. The maximum Gasteiger partial charge on any atom is 0.264 e. The molecule has 1 aromatic carbocycles. The van der Waals surface area contributed by atoms with Gasteiger partial charge in [0.1, 0.15) is 10.7 Å². The fourth-order valence-electron chi connectivity index (χ4n) is 1.53. The molecule has 0 atom stereocenters. The highest BCUT2D eigenvalue weighted by Crippen LogP contribution is 2.24. The van der Waals surface area contributed by atoms with Crippen molar-refractivity contribution < 1.29 is 17.2 Å². The van der Waals surface area contributed by atoms with Crippen molar-refractivity contribution in [2.45, 2.75) is 11.8 Å². The third kappa shape index (κ3) is 2.69. The number of rotatable bonds is 3. The molecule has 0 aliphatic carbocycles. The Morgan fingerprint density at radius 1 is 1.25 bits per heavy atom. The van der Waals surface area contributed by atoms with Crippen LogP contribution in [0.2, 0.25) is 0 Å². The largest absolute Gasteiger partial charge is 0.398 e. The molecule has 8 heteroatoms. The number of halogens is 2. The van der Waals surface area contributed by atoms with Crippen molar-refractivity contribution in [1.82, 2.24) is 4.98 Å². The summed E-state index contributed by atoms with van der Waals surface area (Å²) in [4.78, 5) is 2.85. The average molecular weight is 299 g/mol. The summed E-state index contributed by atoms with van der Waals surface area (Å²) in [6.45, 7) is 1.55. The molecule has 0 aliphatic heterocycles. The number of benzene rings is 1. The number of hydrogen-bond donors (Lipinski definition) is 2. The van der Waals surface area contributed by atoms with Crippen molar-refractivity contribution in [3.63, 3.8) is 0 Å². The molecule has 0 radical (unpaired) electrons. The molecule has 106 valence electrons. The Morgan fingerprint density at radius 2 is 1.95 bits per heavy atom. The van der Waals surface area contributed by atoms with Crippen molar-refractivity contribution in [1.29, 1.82) is 0 Å². The van der Waals surface area contributed by atoms with E-state index in [0.717, 1.165) is 24.4 Å². The van der Waals surface area contributed by atoms with Gasteiger partial charge in [-0.1, -0.05) is 0 Å². The fraction of sp³-hybridized carbons (Fsp3) is 0.0833. The minimum absolute atomic E-state index is 0.127. The Labute approximate surface area is 114 Å². The molecular formula is C12H11F2N3O2S. The first-order chi connectivity index (χ1) is 9.31. The van der Waals surface area contributed by atoms with E-state index in [1.807, 2.05) is 4.72 Å². The smallest absolute Gasteiger partial charge is 0.264 e. The Balaban J connectivity index is 2.47. The minimum Gasteiger partial charge on any atom is -0.398 e. The van der Waals surface area contributed by atoms with Gasteiger partial charge in [0.05, 0.1) is 11.9 Å². The molecule has 0 fully saturated rings. The Hall–Kier alpha value is -2.22. The van der Waals surface area contributed by atoms with Crippen molar-refractivity contribution in [2.75, 3.05) is 10.5 Å². The van der Waals surface area contributed by atoms with Crippen LogP contribution in [0, 0.1) is 18.6 Å². The van der Waals surface area contributed by atoms with E-state index in [0.29, 0.717) is 5.56 Å². The van der Waals surface area contributed by atoms with Crippen LogP contribution >= 0.6 is 0 Å². The number of nitrogens with zero attached hydrogens (tertiary/aromatic N) is 1. The molecular weight excluding hydrogens is 288 g/mol. The fourth-order valence-corrected chi connectivity index (χ4v) is 2.69. The predicted molar refractivity (Wildman–Crippen MR) is 70.6 cm³/mol. The number of nitrogens with two attached hydrogens (primary N) is 1. The summed E-state index contributed by atoms with van der Waals surface area (Å²) in [6, 6.07) is 3.13. The van der Waals surface area contributed by atoms with E-state index in [1.165, 1.54) is 6.20 Å². The molecule has 0 unspecified atom stereocenters. The molecule has 0 spiro atoms. The third-order valence-electron chi connectivity index (χ3n) is 2.63. The molecule has 1 aromatic heterocycles. The van der Waals surface area contributed by atoms with Gasteiger partial charge in [0.15, 0.2) is 5.82 Å². The second kappa shape index (κ2) is 5.04. The van der Waals surface area contributed by atoms with Crippen LogP contribution in [-0.4, -0.2) is 13.4 Å². The van der Waals surface area contributed by atoms with Gasteiger partial charge in [-0.3, -0.25) is 9.71 Å². The molecule has 0 aliphatic rings. The highest BCUT2D eigenvalue weighted by Gasteiger charge is 2.21. The van der Waals surface area contributed by atoms with Crippen molar-refractivity contribution in [3.8, 4) is 0 Å². The lowest BCUT2D eigenvalue weighted by Crippen LogP contribution is -2.16. The standard InChI is InChI=1S/C12H11F2N3O2S/c1-7-4-8(13)12(5-10(7)15)20(18,19)17-11-2-3-16-6-9(11)14/h2-6H,15H2,1H3,(H,16,17). The van der Waals surface area contributed by atoms with Crippen LogP contribution in [0.5, 0.6) is 0 Å². The molecule has 5 nitrogen and oxygen atoms in total. The zero-order valence-corrected chi connectivity index (χ0v) is 11.2. The normalized spacial score (nSPS) is 11.3. The topological polar surface area (TPSA) is 85.1 Å². The first kappa shape index (κ1) is 14.2. The van der Waals surface area contributed by atoms with Crippen LogP contribution in [0.1, 0.15) is 5.56 Å². The maximum atomic E-state index is 13.7. The number of aromatic nitrogens is 1. The number of sulfonamides is 1. The first-order valence-corrected chi connectivity index (χ1v) is 6.97. The van der Waals surface area contributed by atoms with Gasteiger partial charge in [-0.05, 0) is 30.7 Å². The molecule has 0 amide bonds. The highest BCUT2D eigenvalue weighted by molar-refractivity contribution is 7.92. The van der Waals surface area contributed by atoms with Crippen LogP contribution in [0.4, 0.5) is 20.2 Å². The van der Waals surface area contributed by atoms with E-state index < -0.39 is 26.6 Å². The zero-order chi connectivity index (χ0) is 14.9. The third-order valence-corrected chi connectivity index (χ3v) is 4.01. The van der Waals surface area contributed by atoms with Gasteiger partial charge < -0.3 is 5.73 Å². The minimum atomic E-state index is -4.28. The summed E-state index contributed by atoms with van der Waals surface area (Å²) < 4.78 is 53.2. The van der Waals surface area contributed by atoms with Gasteiger partial charge in [-0.2, -0.15) is 0 Å². The van der Waals surface area contributed by atoms with E-state index in [-0.39, 0.29) is 11.4 Å². The lowest BCUT2D eigenvalue weighted by Gasteiger charge is -2.11. The van der Waals surface area contributed by atoms with Crippen molar-refractivity contribution >= 4 is 21.4 Å².